The molecule has 23 heavy (non-hydrogen) atoms. The normalized spacial score (nSPS) is 18.8. The summed E-state index contributed by atoms with van der Waals surface area (Å²) < 4.78 is 4.92. The van der Waals surface area contributed by atoms with Gasteiger partial charge in [-0.25, -0.2) is 9.69 Å². The summed E-state index contributed by atoms with van der Waals surface area (Å²) in [6.45, 7) is 1.93. The van der Waals surface area contributed by atoms with Crippen molar-refractivity contribution in [1.82, 2.24) is 15.0 Å². The molecule has 0 aromatic carbocycles. The highest BCUT2D eigenvalue weighted by atomic mass is 16.5. The van der Waals surface area contributed by atoms with Crippen molar-refractivity contribution in [2.24, 2.45) is 0 Å². The molecule has 3 rings (SSSR count). The van der Waals surface area contributed by atoms with E-state index in [1.807, 2.05) is 0 Å². The summed E-state index contributed by atoms with van der Waals surface area (Å²) >= 11 is 0. The van der Waals surface area contributed by atoms with Crippen LogP contribution in [0.2, 0.25) is 0 Å². The van der Waals surface area contributed by atoms with E-state index in [-0.39, 0.29) is 13.1 Å². The molecule has 1 aliphatic carbocycles. The van der Waals surface area contributed by atoms with E-state index in [4.69, 9.17) is 4.52 Å². The van der Waals surface area contributed by atoms with Crippen LogP contribution in [0, 0.1) is 6.92 Å². The Bertz CT molecular complexity index is 677. The molecule has 7 nitrogen and oxygen atoms in total. The van der Waals surface area contributed by atoms with E-state index in [0.29, 0.717) is 17.9 Å². The Morgan fingerprint density at radius 2 is 1.96 bits per heavy atom. The second-order valence-electron chi connectivity index (χ2n) is 5.92. The van der Waals surface area contributed by atoms with E-state index < -0.39 is 17.8 Å². The summed E-state index contributed by atoms with van der Waals surface area (Å²) in [5.41, 5.74) is 1.71. The Hall–Kier alpha value is -2.44. The van der Waals surface area contributed by atoms with Crippen molar-refractivity contribution in [2.75, 3.05) is 6.54 Å². The van der Waals surface area contributed by atoms with Gasteiger partial charge >= 0.3 is 17.8 Å². The van der Waals surface area contributed by atoms with Crippen LogP contribution < -0.4 is 0 Å². The number of nitrogens with zero attached hydrogens (tertiary/aromatic N) is 3. The summed E-state index contributed by atoms with van der Waals surface area (Å²) in [6, 6.07) is 1.07. The monoisotopic (exact) mass is 317 g/mol. The molecule has 0 saturated carbocycles. The molecule has 1 aromatic rings. The Labute approximate surface area is 133 Å². The van der Waals surface area contributed by atoms with Gasteiger partial charge in [-0.3, -0.25) is 14.5 Å². The third-order valence-corrected chi connectivity index (χ3v) is 4.17. The SMILES string of the molecule is Cc1cc(CN2C(=O)C(=O)N(CCC3=CCCCC3)C2=O)no1. The van der Waals surface area contributed by atoms with Crippen LogP contribution in [0.3, 0.4) is 0 Å². The molecule has 122 valence electrons. The number of hydrogen-bond acceptors (Lipinski definition) is 5. The molecule has 1 fully saturated rings. The lowest BCUT2D eigenvalue weighted by Crippen LogP contribution is -2.34. The molecule has 2 aliphatic rings. The zero-order valence-electron chi connectivity index (χ0n) is 13.1. The van der Waals surface area contributed by atoms with Crippen LogP contribution in [0.1, 0.15) is 43.6 Å². The third kappa shape index (κ3) is 3.18. The van der Waals surface area contributed by atoms with E-state index >= 15 is 0 Å². The topological polar surface area (TPSA) is 83.7 Å². The van der Waals surface area contributed by atoms with Crippen molar-refractivity contribution in [2.45, 2.75) is 45.6 Å². The average Bonchev–Trinajstić information content (AvgIpc) is 3.05. The number of carbonyl (C=O) groups is 3. The van der Waals surface area contributed by atoms with Gasteiger partial charge in [-0.2, -0.15) is 0 Å². The molecule has 0 bridgehead atoms. The summed E-state index contributed by atoms with van der Waals surface area (Å²) in [6.07, 6.45) is 7.20. The molecular weight excluding hydrogens is 298 g/mol. The van der Waals surface area contributed by atoms with Crippen LogP contribution in [-0.2, 0) is 16.1 Å². The first kappa shape index (κ1) is 15.5. The second kappa shape index (κ2) is 6.36. The maximum absolute atomic E-state index is 12.3. The Morgan fingerprint density at radius 1 is 1.17 bits per heavy atom. The number of rotatable bonds is 5. The lowest BCUT2D eigenvalue weighted by Gasteiger charge is -2.17. The maximum atomic E-state index is 12.3. The van der Waals surface area contributed by atoms with Gasteiger partial charge in [-0.05, 0) is 39.0 Å². The highest BCUT2D eigenvalue weighted by Crippen LogP contribution is 2.22. The molecule has 0 N–H and O–H groups in total. The van der Waals surface area contributed by atoms with Gasteiger partial charge in [-0.1, -0.05) is 16.8 Å². The molecule has 4 amide bonds. The van der Waals surface area contributed by atoms with Crippen molar-refractivity contribution < 1.29 is 18.9 Å². The fraction of sp³-hybridized carbons (Fsp3) is 0.500. The van der Waals surface area contributed by atoms with Gasteiger partial charge in [0.15, 0.2) is 0 Å². The molecular formula is C16H19N3O4. The van der Waals surface area contributed by atoms with Crippen LogP contribution in [0.25, 0.3) is 0 Å². The Kier molecular flexibility index (Phi) is 4.27. The number of aromatic nitrogens is 1. The molecule has 0 atom stereocenters. The quantitative estimate of drug-likeness (QED) is 0.472. The van der Waals surface area contributed by atoms with Crippen molar-refractivity contribution >= 4 is 17.8 Å². The maximum Gasteiger partial charge on any atom is 0.334 e. The number of aryl methyl sites for hydroxylation is 1. The Balaban J connectivity index is 1.65. The second-order valence-corrected chi connectivity index (χ2v) is 5.92. The first-order chi connectivity index (χ1) is 11.1. The molecule has 1 aromatic heterocycles. The summed E-state index contributed by atoms with van der Waals surface area (Å²) in [4.78, 5) is 38.4. The first-order valence-electron chi connectivity index (χ1n) is 7.83. The minimum absolute atomic E-state index is 0.0417. The smallest absolute Gasteiger partial charge is 0.334 e. The average molecular weight is 317 g/mol. The predicted octanol–water partition coefficient (Wildman–Crippen LogP) is 2.16. The van der Waals surface area contributed by atoms with Crippen LogP contribution in [0.15, 0.2) is 22.2 Å². The lowest BCUT2D eigenvalue weighted by molar-refractivity contribution is -0.143. The third-order valence-electron chi connectivity index (χ3n) is 4.17. The van der Waals surface area contributed by atoms with Gasteiger partial charge in [0.05, 0.1) is 6.54 Å². The zero-order chi connectivity index (χ0) is 16.4. The van der Waals surface area contributed by atoms with Gasteiger partial charge in [0, 0.05) is 12.6 Å². The van der Waals surface area contributed by atoms with E-state index in [0.717, 1.165) is 29.1 Å². The largest absolute Gasteiger partial charge is 0.361 e. The molecule has 1 aliphatic heterocycles. The number of carbonyl (C=O) groups excluding carboxylic acids is 3. The van der Waals surface area contributed by atoms with E-state index in [1.165, 1.54) is 12.0 Å². The minimum atomic E-state index is -0.798. The van der Waals surface area contributed by atoms with Crippen LogP contribution in [0.5, 0.6) is 0 Å². The van der Waals surface area contributed by atoms with Crippen LogP contribution >= 0.6 is 0 Å². The molecule has 0 radical (unpaired) electrons. The Morgan fingerprint density at radius 3 is 2.61 bits per heavy atom. The first-order valence-corrected chi connectivity index (χ1v) is 7.83. The van der Waals surface area contributed by atoms with Crippen molar-refractivity contribution in [1.29, 1.82) is 0 Å². The van der Waals surface area contributed by atoms with Gasteiger partial charge in [0.2, 0.25) is 0 Å². The molecule has 7 heteroatoms. The van der Waals surface area contributed by atoms with E-state index in [1.54, 1.807) is 13.0 Å². The molecule has 2 heterocycles. The van der Waals surface area contributed by atoms with Crippen LogP contribution in [0.4, 0.5) is 4.79 Å². The van der Waals surface area contributed by atoms with Gasteiger partial charge in [0.25, 0.3) is 0 Å². The number of imide groups is 2. The highest BCUT2D eigenvalue weighted by Gasteiger charge is 2.44. The fourth-order valence-electron chi connectivity index (χ4n) is 2.93. The van der Waals surface area contributed by atoms with Crippen molar-refractivity contribution in [3.8, 4) is 0 Å². The summed E-state index contributed by atoms with van der Waals surface area (Å²) in [5, 5.41) is 3.76. The lowest BCUT2D eigenvalue weighted by atomic mass is 9.97. The number of hydrogen-bond donors (Lipinski definition) is 0. The fourth-order valence-corrected chi connectivity index (χ4v) is 2.93. The summed E-state index contributed by atoms with van der Waals surface area (Å²) in [5.74, 6) is -0.966. The van der Waals surface area contributed by atoms with E-state index in [2.05, 4.69) is 11.2 Å². The zero-order valence-corrected chi connectivity index (χ0v) is 13.1. The molecule has 1 saturated heterocycles. The van der Waals surface area contributed by atoms with Crippen LogP contribution in [-0.4, -0.2) is 39.3 Å². The standard InChI is InChI=1S/C16H19N3O4/c1-11-9-13(17-23-11)10-19-15(21)14(20)18(16(19)22)8-7-12-5-3-2-4-6-12/h5,9H,2-4,6-8,10H2,1H3. The summed E-state index contributed by atoms with van der Waals surface area (Å²) in [7, 11) is 0. The van der Waals surface area contributed by atoms with E-state index in [9.17, 15) is 14.4 Å². The predicted molar refractivity (Wildman–Crippen MR) is 80.1 cm³/mol. The molecule has 0 spiro atoms. The van der Waals surface area contributed by atoms with Gasteiger partial charge in [-0.15, -0.1) is 0 Å². The van der Waals surface area contributed by atoms with Gasteiger partial charge in [0.1, 0.15) is 11.5 Å². The number of allylic oxidation sites excluding steroid dienone is 1. The van der Waals surface area contributed by atoms with Gasteiger partial charge < -0.3 is 4.52 Å². The van der Waals surface area contributed by atoms with Crippen molar-refractivity contribution in [3.05, 3.63) is 29.2 Å². The minimum Gasteiger partial charge on any atom is -0.361 e. The highest BCUT2D eigenvalue weighted by molar-refractivity contribution is 6.44. The number of urea groups is 1. The van der Waals surface area contributed by atoms with Crippen molar-refractivity contribution in [3.63, 3.8) is 0 Å². The molecule has 0 unspecified atom stereocenters. The number of amides is 4.